The van der Waals surface area contributed by atoms with E-state index in [1.807, 2.05) is 30.3 Å². The van der Waals surface area contributed by atoms with Gasteiger partial charge in [-0.2, -0.15) is 0 Å². The van der Waals surface area contributed by atoms with Crippen LogP contribution in [0.4, 0.5) is 10.3 Å². The molecule has 3 heterocycles. The Kier molecular flexibility index (Phi) is 5.31. The SMILES string of the molecule is CC(O)(c1cccc(F)c1)c1cc(-c2c[nH]c3ncc(-c4ccc(CN)cc4)cc23)nc(N)n1. The first kappa shape index (κ1) is 21.7. The van der Waals surface area contributed by atoms with E-state index in [1.165, 1.54) is 18.2 Å². The Labute approximate surface area is 195 Å². The first-order valence-electron chi connectivity index (χ1n) is 10.8. The summed E-state index contributed by atoms with van der Waals surface area (Å²) in [6.45, 7) is 2.03. The molecule has 5 aromatic rings. The number of nitrogens with two attached hydrogens (primary N) is 2. The average molecular weight is 455 g/mol. The van der Waals surface area contributed by atoms with Gasteiger partial charge in [0, 0.05) is 35.5 Å². The van der Waals surface area contributed by atoms with Gasteiger partial charge >= 0.3 is 0 Å². The molecule has 0 bridgehead atoms. The summed E-state index contributed by atoms with van der Waals surface area (Å²) in [4.78, 5) is 16.3. The molecule has 6 N–H and O–H groups in total. The third-order valence-corrected chi connectivity index (χ3v) is 5.96. The van der Waals surface area contributed by atoms with E-state index < -0.39 is 11.4 Å². The van der Waals surface area contributed by atoms with Gasteiger partial charge in [-0.3, -0.25) is 0 Å². The van der Waals surface area contributed by atoms with E-state index in [0.29, 0.717) is 23.4 Å². The number of hydrogen-bond acceptors (Lipinski definition) is 6. The molecule has 2 aromatic carbocycles. The number of rotatable bonds is 5. The van der Waals surface area contributed by atoms with Crippen molar-refractivity contribution in [2.24, 2.45) is 5.73 Å². The summed E-state index contributed by atoms with van der Waals surface area (Å²) in [7, 11) is 0. The number of nitrogen functional groups attached to an aromatic ring is 1. The quantitative estimate of drug-likeness (QED) is 0.316. The molecule has 1 unspecified atom stereocenters. The van der Waals surface area contributed by atoms with Crippen molar-refractivity contribution in [1.82, 2.24) is 19.9 Å². The summed E-state index contributed by atoms with van der Waals surface area (Å²) in [5.41, 5.74) is 15.7. The minimum absolute atomic E-state index is 0.0000141. The molecule has 34 heavy (non-hydrogen) atoms. The lowest BCUT2D eigenvalue weighted by atomic mass is 9.91. The minimum Gasteiger partial charge on any atom is -0.379 e. The Hall–Kier alpha value is -4.14. The Bertz CT molecular complexity index is 1490. The Morgan fingerprint density at radius 1 is 1.03 bits per heavy atom. The van der Waals surface area contributed by atoms with Crippen molar-refractivity contribution in [3.63, 3.8) is 0 Å². The maximum atomic E-state index is 13.8. The number of anilines is 1. The third-order valence-electron chi connectivity index (χ3n) is 5.96. The van der Waals surface area contributed by atoms with Crippen molar-refractivity contribution < 1.29 is 9.50 Å². The number of fused-ring (bicyclic) bond motifs is 1. The van der Waals surface area contributed by atoms with Crippen LogP contribution in [0.5, 0.6) is 0 Å². The number of benzene rings is 2. The summed E-state index contributed by atoms with van der Waals surface area (Å²) in [6.07, 6.45) is 3.59. The van der Waals surface area contributed by atoms with Crippen LogP contribution in [0.15, 0.2) is 73.1 Å². The van der Waals surface area contributed by atoms with E-state index in [-0.39, 0.29) is 11.6 Å². The second kappa shape index (κ2) is 8.33. The number of nitrogens with zero attached hydrogens (tertiary/aromatic N) is 3. The minimum atomic E-state index is -1.58. The van der Waals surface area contributed by atoms with Crippen LogP contribution in [0.1, 0.15) is 23.7 Å². The highest BCUT2D eigenvalue weighted by atomic mass is 19.1. The van der Waals surface area contributed by atoms with Crippen LogP contribution in [0.3, 0.4) is 0 Å². The number of halogens is 1. The fraction of sp³-hybridized carbons (Fsp3) is 0.115. The van der Waals surface area contributed by atoms with Crippen LogP contribution in [0.25, 0.3) is 33.4 Å². The lowest BCUT2D eigenvalue weighted by Gasteiger charge is -2.24. The molecule has 0 radical (unpaired) electrons. The number of aromatic amines is 1. The number of hydrogen-bond donors (Lipinski definition) is 4. The molecule has 8 heteroatoms. The molecule has 0 aliphatic carbocycles. The highest BCUT2D eigenvalue weighted by molar-refractivity contribution is 5.95. The van der Waals surface area contributed by atoms with E-state index in [4.69, 9.17) is 11.5 Å². The lowest BCUT2D eigenvalue weighted by molar-refractivity contribution is 0.0971. The maximum absolute atomic E-state index is 13.8. The van der Waals surface area contributed by atoms with Crippen molar-refractivity contribution in [1.29, 1.82) is 0 Å². The number of pyridine rings is 1. The van der Waals surface area contributed by atoms with Crippen molar-refractivity contribution in [2.45, 2.75) is 19.1 Å². The van der Waals surface area contributed by atoms with E-state index in [0.717, 1.165) is 27.6 Å². The van der Waals surface area contributed by atoms with Gasteiger partial charge in [-0.05, 0) is 47.9 Å². The van der Waals surface area contributed by atoms with Gasteiger partial charge in [-0.1, -0.05) is 36.4 Å². The van der Waals surface area contributed by atoms with Crippen LogP contribution in [-0.4, -0.2) is 25.0 Å². The molecule has 0 amide bonds. The molecular weight excluding hydrogens is 431 g/mol. The monoisotopic (exact) mass is 454 g/mol. The molecule has 1 atom stereocenters. The summed E-state index contributed by atoms with van der Waals surface area (Å²) in [5.74, 6) is -0.449. The van der Waals surface area contributed by atoms with Gasteiger partial charge in [-0.15, -0.1) is 0 Å². The molecule has 170 valence electrons. The largest absolute Gasteiger partial charge is 0.379 e. The van der Waals surface area contributed by atoms with E-state index in [2.05, 4.69) is 19.9 Å². The highest BCUT2D eigenvalue weighted by Crippen LogP contribution is 2.34. The summed E-state index contributed by atoms with van der Waals surface area (Å²) < 4.78 is 13.8. The summed E-state index contributed by atoms with van der Waals surface area (Å²) in [6, 6.07) is 17.4. The maximum Gasteiger partial charge on any atom is 0.220 e. The molecule has 7 nitrogen and oxygen atoms in total. The topological polar surface area (TPSA) is 127 Å². The van der Waals surface area contributed by atoms with E-state index in [1.54, 1.807) is 31.5 Å². The predicted molar refractivity (Wildman–Crippen MR) is 130 cm³/mol. The average Bonchev–Trinajstić information content (AvgIpc) is 3.27. The second-order valence-corrected chi connectivity index (χ2v) is 8.30. The zero-order chi connectivity index (χ0) is 23.9. The zero-order valence-electron chi connectivity index (χ0n) is 18.5. The highest BCUT2D eigenvalue weighted by Gasteiger charge is 2.29. The van der Waals surface area contributed by atoms with Crippen LogP contribution in [0, 0.1) is 5.82 Å². The second-order valence-electron chi connectivity index (χ2n) is 8.30. The number of aliphatic hydroxyl groups is 1. The van der Waals surface area contributed by atoms with Crippen molar-refractivity contribution in [2.75, 3.05) is 5.73 Å². The normalized spacial score (nSPS) is 13.2. The molecule has 0 fully saturated rings. The van der Waals surface area contributed by atoms with Gasteiger partial charge < -0.3 is 21.6 Å². The van der Waals surface area contributed by atoms with Gasteiger partial charge in [0.2, 0.25) is 5.95 Å². The van der Waals surface area contributed by atoms with Gasteiger partial charge in [0.15, 0.2) is 0 Å². The van der Waals surface area contributed by atoms with Gasteiger partial charge in [0.05, 0.1) is 11.4 Å². The van der Waals surface area contributed by atoms with E-state index >= 15 is 0 Å². The first-order valence-corrected chi connectivity index (χ1v) is 10.8. The van der Waals surface area contributed by atoms with E-state index in [9.17, 15) is 9.50 Å². The third kappa shape index (κ3) is 3.89. The fourth-order valence-corrected chi connectivity index (χ4v) is 4.00. The first-order chi connectivity index (χ1) is 16.3. The zero-order valence-corrected chi connectivity index (χ0v) is 18.5. The van der Waals surface area contributed by atoms with Crippen LogP contribution in [-0.2, 0) is 12.1 Å². The number of H-pyrrole nitrogens is 1. The molecule has 0 saturated heterocycles. The molecule has 0 aliphatic heterocycles. The van der Waals surface area contributed by atoms with Gasteiger partial charge in [0.1, 0.15) is 17.1 Å². The predicted octanol–water partition coefficient (Wildman–Crippen LogP) is 4.12. The molecule has 0 aliphatic rings. The smallest absolute Gasteiger partial charge is 0.220 e. The molecule has 5 rings (SSSR count). The van der Waals surface area contributed by atoms with Crippen LogP contribution >= 0.6 is 0 Å². The van der Waals surface area contributed by atoms with Crippen LogP contribution in [0.2, 0.25) is 0 Å². The molecule has 0 saturated carbocycles. The number of aromatic nitrogens is 4. The molecular formula is C26H23FN6O. The van der Waals surface area contributed by atoms with Crippen molar-refractivity contribution in [3.8, 4) is 22.4 Å². The van der Waals surface area contributed by atoms with Crippen molar-refractivity contribution >= 4 is 17.0 Å². The Balaban J connectivity index is 1.60. The Morgan fingerprint density at radius 2 is 1.82 bits per heavy atom. The van der Waals surface area contributed by atoms with Gasteiger partial charge in [0.25, 0.3) is 0 Å². The summed E-state index contributed by atoms with van der Waals surface area (Å²) in [5, 5.41) is 12.1. The number of nitrogens with one attached hydrogen (secondary N) is 1. The van der Waals surface area contributed by atoms with Gasteiger partial charge in [-0.25, -0.2) is 19.3 Å². The Morgan fingerprint density at radius 3 is 2.56 bits per heavy atom. The molecule has 3 aromatic heterocycles. The molecule has 0 spiro atoms. The fourth-order valence-electron chi connectivity index (χ4n) is 4.00. The van der Waals surface area contributed by atoms with Crippen LogP contribution < -0.4 is 11.5 Å². The summed E-state index contributed by atoms with van der Waals surface area (Å²) >= 11 is 0. The standard InChI is InChI=1S/C26H23FN6O/c1-26(34,18-3-2-4-19(27)10-18)23-11-22(32-25(29)33-23)21-14-31-24-20(21)9-17(13-30-24)16-7-5-15(12-28)6-8-16/h2-11,13-14,34H,12,28H2,1H3,(H,30,31)(H2,29,32,33). The van der Waals surface area contributed by atoms with Crippen molar-refractivity contribution in [3.05, 3.63) is 95.7 Å². The lowest BCUT2D eigenvalue weighted by Crippen LogP contribution is -2.25.